The van der Waals surface area contributed by atoms with Gasteiger partial charge in [-0.15, -0.1) is 0 Å². The molecular weight excluding hydrogens is 374 g/mol. The van der Waals surface area contributed by atoms with Gasteiger partial charge in [-0.05, 0) is 23.1 Å². The van der Waals surface area contributed by atoms with E-state index in [2.05, 4.69) is 4.90 Å². The lowest BCUT2D eigenvalue weighted by Gasteiger charge is -2.30. The molecule has 0 aromatic heterocycles. The van der Waals surface area contributed by atoms with Crippen LogP contribution in [0.2, 0.25) is 0 Å². The molecule has 3 rings (SSSR count). The third-order valence-corrected chi connectivity index (χ3v) is 4.95. The summed E-state index contributed by atoms with van der Waals surface area (Å²) in [6, 6.07) is 29.2. The molecule has 0 heterocycles. The number of carbonyl (C=O) groups excluding carboxylic acids is 2. The quantitative estimate of drug-likeness (QED) is 0.343. The van der Waals surface area contributed by atoms with Crippen LogP contribution in [0.15, 0.2) is 91.0 Å². The molecule has 0 bridgehead atoms. The Morgan fingerprint density at radius 1 is 0.767 bits per heavy atom. The molecule has 1 atom stereocenters. The minimum absolute atomic E-state index is 0.224. The van der Waals surface area contributed by atoms with Crippen molar-refractivity contribution < 1.29 is 14.3 Å². The molecule has 3 aromatic rings. The molecule has 0 saturated carbocycles. The Kier molecular flexibility index (Phi) is 8.36. The molecule has 4 nitrogen and oxygen atoms in total. The summed E-state index contributed by atoms with van der Waals surface area (Å²) in [6.07, 6.45) is 1.60. The molecule has 0 saturated heterocycles. The Balaban J connectivity index is 1.79. The van der Waals surface area contributed by atoms with Crippen LogP contribution in [-0.4, -0.2) is 23.2 Å². The van der Waals surface area contributed by atoms with E-state index >= 15 is 0 Å². The molecule has 0 spiro atoms. The largest absolute Gasteiger partial charge is 0.460 e. The van der Waals surface area contributed by atoms with E-state index in [-0.39, 0.29) is 12.6 Å². The summed E-state index contributed by atoms with van der Waals surface area (Å²) in [6.45, 7) is 1.42. The van der Waals surface area contributed by atoms with E-state index < -0.39 is 6.04 Å². The molecule has 0 fully saturated rings. The summed E-state index contributed by atoms with van der Waals surface area (Å²) < 4.78 is 5.65. The van der Waals surface area contributed by atoms with Crippen LogP contribution in [0.3, 0.4) is 0 Å². The average Bonchev–Trinajstić information content (AvgIpc) is 2.80. The standard InChI is InChI=1S/C26H27NO3/c28-18-10-17-25(26(29)30-21-24-15-8-3-9-16-24)27(19-22-11-4-1-5-12-22)20-23-13-6-2-7-14-23/h1-9,11-16,18,25H,10,17,19-21H2/t25-/m1/s1. The van der Waals surface area contributed by atoms with Gasteiger partial charge < -0.3 is 9.53 Å². The second-order valence-electron chi connectivity index (χ2n) is 7.23. The zero-order valence-corrected chi connectivity index (χ0v) is 17.0. The van der Waals surface area contributed by atoms with Gasteiger partial charge in [0.05, 0.1) is 0 Å². The highest BCUT2D eigenvalue weighted by atomic mass is 16.5. The average molecular weight is 402 g/mol. The van der Waals surface area contributed by atoms with Gasteiger partial charge in [-0.3, -0.25) is 9.69 Å². The van der Waals surface area contributed by atoms with E-state index in [0.717, 1.165) is 23.0 Å². The first-order valence-corrected chi connectivity index (χ1v) is 10.2. The van der Waals surface area contributed by atoms with Crippen molar-refractivity contribution in [3.8, 4) is 0 Å². The zero-order valence-electron chi connectivity index (χ0n) is 17.0. The Labute approximate surface area is 178 Å². The molecule has 0 aliphatic heterocycles. The minimum Gasteiger partial charge on any atom is -0.460 e. The molecule has 154 valence electrons. The smallest absolute Gasteiger partial charge is 0.323 e. The van der Waals surface area contributed by atoms with E-state index in [0.29, 0.717) is 25.9 Å². The van der Waals surface area contributed by atoms with Crippen LogP contribution >= 0.6 is 0 Å². The number of hydrogen-bond acceptors (Lipinski definition) is 4. The molecule has 0 unspecified atom stereocenters. The normalized spacial score (nSPS) is 11.8. The lowest BCUT2D eigenvalue weighted by atomic mass is 10.1. The first kappa shape index (κ1) is 21.5. The molecule has 0 aliphatic carbocycles. The monoisotopic (exact) mass is 401 g/mol. The molecule has 4 heteroatoms. The van der Waals surface area contributed by atoms with E-state index in [4.69, 9.17) is 4.74 Å². The Bertz CT molecular complexity index is 856. The number of rotatable bonds is 11. The van der Waals surface area contributed by atoms with Crippen molar-refractivity contribution in [2.24, 2.45) is 0 Å². The fraction of sp³-hybridized carbons (Fsp3) is 0.231. The first-order chi connectivity index (χ1) is 14.8. The highest BCUT2D eigenvalue weighted by Gasteiger charge is 2.27. The van der Waals surface area contributed by atoms with Crippen molar-refractivity contribution in [2.45, 2.75) is 38.6 Å². The summed E-state index contributed by atoms with van der Waals surface area (Å²) in [5.41, 5.74) is 3.17. The van der Waals surface area contributed by atoms with Gasteiger partial charge in [0, 0.05) is 19.5 Å². The zero-order chi connectivity index (χ0) is 21.0. The van der Waals surface area contributed by atoms with Crippen molar-refractivity contribution >= 4 is 12.3 Å². The van der Waals surface area contributed by atoms with Gasteiger partial charge in [0.15, 0.2) is 0 Å². The topological polar surface area (TPSA) is 46.6 Å². The molecule has 0 amide bonds. The predicted molar refractivity (Wildman–Crippen MR) is 117 cm³/mol. The van der Waals surface area contributed by atoms with Gasteiger partial charge >= 0.3 is 5.97 Å². The van der Waals surface area contributed by atoms with Crippen LogP contribution in [0.25, 0.3) is 0 Å². The highest BCUT2D eigenvalue weighted by molar-refractivity contribution is 5.76. The number of aldehydes is 1. The highest BCUT2D eigenvalue weighted by Crippen LogP contribution is 2.18. The maximum atomic E-state index is 13.1. The summed E-state index contributed by atoms with van der Waals surface area (Å²) in [5.74, 6) is -0.299. The number of nitrogens with zero attached hydrogens (tertiary/aromatic N) is 1. The summed E-state index contributed by atoms with van der Waals surface area (Å²) in [4.78, 5) is 26.2. The van der Waals surface area contributed by atoms with Crippen LogP contribution in [0.4, 0.5) is 0 Å². The number of carbonyl (C=O) groups is 2. The molecular formula is C26H27NO3. The molecule has 0 radical (unpaired) electrons. The molecule has 0 aliphatic rings. The second-order valence-corrected chi connectivity index (χ2v) is 7.23. The third kappa shape index (κ3) is 6.68. The number of hydrogen-bond donors (Lipinski definition) is 0. The van der Waals surface area contributed by atoms with E-state index in [9.17, 15) is 9.59 Å². The van der Waals surface area contributed by atoms with Crippen molar-refractivity contribution in [2.75, 3.05) is 0 Å². The molecule has 3 aromatic carbocycles. The lowest BCUT2D eigenvalue weighted by Crippen LogP contribution is -2.41. The van der Waals surface area contributed by atoms with Gasteiger partial charge in [0.1, 0.15) is 18.9 Å². The van der Waals surface area contributed by atoms with Crippen molar-refractivity contribution in [1.82, 2.24) is 4.90 Å². The van der Waals surface area contributed by atoms with Crippen molar-refractivity contribution in [3.63, 3.8) is 0 Å². The first-order valence-electron chi connectivity index (χ1n) is 10.2. The van der Waals surface area contributed by atoms with E-state index in [1.54, 1.807) is 0 Å². The predicted octanol–water partition coefficient (Wildman–Crippen LogP) is 4.78. The number of ether oxygens (including phenoxy) is 1. The Morgan fingerprint density at radius 3 is 1.70 bits per heavy atom. The fourth-order valence-corrected chi connectivity index (χ4v) is 3.41. The van der Waals surface area contributed by atoms with Gasteiger partial charge in [0.25, 0.3) is 0 Å². The van der Waals surface area contributed by atoms with Gasteiger partial charge in [-0.2, -0.15) is 0 Å². The summed E-state index contributed by atoms with van der Waals surface area (Å²) in [5, 5.41) is 0. The van der Waals surface area contributed by atoms with Gasteiger partial charge in [-0.25, -0.2) is 0 Å². The van der Waals surface area contributed by atoms with Crippen LogP contribution in [-0.2, 0) is 34.0 Å². The van der Waals surface area contributed by atoms with E-state index in [1.807, 2.05) is 91.0 Å². The Morgan fingerprint density at radius 2 is 1.23 bits per heavy atom. The van der Waals surface area contributed by atoms with Crippen LogP contribution in [0, 0.1) is 0 Å². The maximum absolute atomic E-state index is 13.1. The maximum Gasteiger partial charge on any atom is 0.323 e. The SMILES string of the molecule is O=CCC[C@H](C(=O)OCc1ccccc1)N(Cc1ccccc1)Cc1ccccc1. The van der Waals surface area contributed by atoms with Crippen LogP contribution in [0.5, 0.6) is 0 Å². The van der Waals surface area contributed by atoms with Crippen molar-refractivity contribution in [3.05, 3.63) is 108 Å². The number of esters is 1. The molecule has 0 N–H and O–H groups in total. The summed E-state index contributed by atoms with van der Waals surface area (Å²) in [7, 11) is 0. The van der Waals surface area contributed by atoms with E-state index in [1.165, 1.54) is 0 Å². The third-order valence-electron chi connectivity index (χ3n) is 4.95. The second kappa shape index (κ2) is 11.7. The lowest BCUT2D eigenvalue weighted by molar-refractivity contribution is -0.152. The summed E-state index contributed by atoms with van der Waals surface area (Å²) >= 11 is 0. The van der Waals surface area contributed by atoms with Crippen LogP contribution in [0.1, 0.15) is 29.5 Å². The minimum atomic E-state index is -0.501. The fourth-order valence-electron chi connectivity index (χ4n) is 3.41. The molecule has 30 heavy (non-hydrogen) atoms. The van der Waals surface area contributed by atoms with Crippen molar-refractivity contribution in [1.29, 1.82) is 0 Å². The Hall–Kier alpha value is -3.24. The van der Waals surface area contributed by atoms with Gasteiger partial charge in [0.2, 0.25) is 0 Å². The van der Waals surface area contributed by atoms with Gasteiger partial charge in [-0.1, -0.05) is 91.0 Å². The van der Waals surface area contributed by atoms with Crippen LogP contribution < -0.4 is 0 Å². The number of benzene rings is 3.